The topological polar surface area (TPSA) is 96.2 Å². The first-order valence-electron chi connectivity index (χ1n) is 6.07. The Morgan fingerprint density at radius 2 is 2.25 bits per heavy atom. The lowest BCUT2D eigenvalue weighted by atomic mass is 10.3. The first-order chi connectivity index (χ1) is 9.70. The molecule has 0 fully saturated rings. The summed E-state index contributed by atoms with van der Waals surface area (Å²) in [6.07, 6.45) is 1.34. The summed E-state index contributed by atoms with van der Waals surface area (Å²) >= 11 is 0. The van der Waals surface area contributed by atoms with Gasteiger partial charge in [0.15, 0.2) is 5.58 Å². The number of oxazole rings is 1. The van der Waals surface area contributed by atoms with Crippen molar-refractivity contribution in [3.05, 3.63) is 36.0 Å². The molecule has 0 unspecified atom stereocenters. The molecular weight excluding hydrogens is 260 g/mol. The number of carbonyl (C=O) groups excluding carboxylic acids is 1. The number of hydrogen-bond donors (Lipinski definition) is 1. The van der Waals surface area contributed by atoms with E-state index in [1.807, 2.05) is 18.2 Å². The van der Waals surface area contributed by atoms with Crippen LogP contribution < -0.4 is 5.73 Å². The predicted octanol–water partition coefficient (Wildman–Crippen LogP) is 1.77. The minimum Gasteiger partial charge on any atom is -0.462 e. The van der Waals surface area contributed by atoms with Crippen LogP contribution in [0.3, 0.4) is 0 Å². The van der Waals surface area contributed by atoms with Crippen LogP contribution in [0.1, 0.15) is 17.3 Å². The maximum Gasteiger partial charge on any atom is 0.343 e. The number of nitrogens with zero attached hydrogens (tertiary/aromatic N) is 3. The highest BCUT2D eigenvalue weighted by atomic mass is 16.5. The zero-order valence-corrected chi connectivity index (χ0v) is 10.7. The van der Waals surface area contributed by atoms with Gasteiger partial charge in [0, 0.05) is 0 Å². The average Bonchev–Trinajstić information content (AvgIpc) is 3.01. The Hall–Kier alpha value is -2.83. The molecule has 2 heterocycles. The number of anilines is 1. The Labute approximate surface area is 114 Å². The predicted molar refractivity (Wildman–Crippen MR) is 71.5 cm³/mol. The lowest BCUT2D eigenvalue weighted by Crippen LogP contribution is -2.09. The zero-order chi connectivity index (χ0) is 14.1. The van der Waals surface area contributed by atoms with E-state index in [1.165, 1.54) is 10.9 Å². The average molecular weight is 272 g/mol. The number of rotatable bonds is 3. The van der Waals surface area contributed by atoms with E-state index in [-0.39, 0.29) is 24.0 Å². The van der Waals surface area contributed by atoms with E-state index < -0.39 is 5.97 Å². The Kier molecular flexibility index (Phi) is 2.86. The standard InChI is InChI=1S/C13H12N4O3/c1-2-19-12(18)8-7-15-17(11(8)14)13-16-9-5-3-4-6-10(9)20-13/h3-7H,2,14H2,1H3. The second-order valence-corrected chi connectivity index (χ2v) is 4.04. The molecule has 0 aliphatic carbocycles. The van der Waals surface area contributed by atoms with E-state index in [2.05, 4.69) is 10.1 Å². The molecule has 0 aliphatic heterocycles. The molecule has 2 N–H and O–H groups in total. The summed E-state index contributed by atoms with van der Waals surface area (Å²) in [5.74, 6) is -0.387. The quantitative estimate of drug-likeness (QED) is 0.730. The number of para-hydroxylation sites is 2. The van der Waals surface area contributed by atoms with Crippen molar-refractivity contribution >= 4 is 22.9 Å². The van der Waals surface area contributed by atoms with Crippen LogP contribution in [-0.4, -0.2) is 27.3 Å². The number of hydrogen-bond acceptors (Lipinski definition) is 6. The Bertz CT molecular complexity index is 742. The summed E-state index contributed by atoms with van der Waals surface area (Å²) < 4.78 is 11.7. The van der Waals surface area contributed by atoms with Gasteiger partial charge in [0.25, 0.3) is 0 Å². The molecule has 0 radical (unpaired) electrons. The molecule has 20 heavy (non-hydrogen) atoms. The van der Waals surface area contributed by atoms with E-state index in [0.717, 1.165) is 0 Å². The molecule has 0 atom stereocenters. The molecule has 0 spiro atoms. The van der Waals surface area contributed by atoms with E-state index >= 15 is 0 Å². The first-order valence-corrected chi connectivity index (χ1v) is 6.07. The van der Waals surface area contributed by atoms with E-state index in [0.29, 0.717) is 11.1 Å². The number of ether oxygens (including phenoxy) is 1. The lowest BCUT2D eigenvalue weighted by Gasteiger charge is -2.00. The Morgan fingerprint density at radius 1 is 1.45 bits per heavy atom. The largest absolute Gasteiger partial charge is 0.462 e. The van der Waals surface area contributed by atoms with Gasteiger partial charge in [-0.05, 0) is 19.1 Å². The van der Waals surface area contributed by atoms with Crippen LogP contribution in [-0.2, 0) is 4.74 Å². The summed E-state index contributed by atoms with van der Waals surface area (Å²) in [7, 11) is 0. The van der Waals surface area contributed by atoms with Crippen molar-refractivity contribution in [2.45, 2.75) is 6.92 Å². The number of nitrogen functional groups attached to an aromatic ring is 1. The smallest absolute Gasteiger partial charge is 0.343 e. The van der Waals surface area contributed by atoms with Gasteiger partial charge in [-0.3, -0.25) is 0 Å². The lowest BCUT2D eigenvalue weighted by molar-refractivity contribution is 0.0527. The fourth-order valence-electron chi connectivity index (χ4n) is 1.83. The second kappa shape index (κ2) is 4.69. The second-order valence-electron chi connectivity index (χ2n) is 4.04. The first kappa shape index (κ1) is 12.2. The SMILES string of the molecule is CCOC(=O)c1cnn(-c2nc3ccccc3o2)c1N. The van der Waals surface area contributed by atoms with Gasteiger partial charge in [-0.1, -0.05) is 12.1 Å². The van der Waals surface area contributed by atoms with Crippen molar-refractivity contribution in [2.24, 2.45) is 0 Å². The summed E-state index contributed by atoms with van der Waals surface area (Å²) in [4.78, 5) is 15.9. The van der Waals surface area contributed by atoms with Gasteiger partial charge in [-0.2, -0.15) is 14.8 Å². The van der Waals surface area contributed by atoms with Gasteiger partial charge in [-0.25, -0.2) is 4.79 Å². The highest BCUT2D eigenvalue weighted by molar-refractivity contribution is 5.94. The third-order valence-electron chi connectivity index (χ3n) is 2.77. The number of nitrogens with two attached hydrogens (primary N) is 1. The highest BCUT2D eigenvalue weighted by Crippen LogP contribution is 2.21. The van der Waals surface area contributed by atoms with Gasteiger partial charge in [-0.15, -0.1) is 0 Å². The fraction of sp³-hybridized carbons (Fsp3) is 0.154. The van der Waals surface area contributed by atoms with Crippen molar-refractivity contribution in [3.63, 3.8) is 0 Å². The molecule has 0 amide bonds. The molecule has 3 aromatic rings. The zero-order valence-electron chi connectivity index (χ0n) is 10.7. The van der Waals surface area contributed by atoms with Crippen molar-refractivity contribution < 1.29 is 13.9 Å². The molecule has 1 aromatic carbocycles. The summed E-state index contributed by atoms with van der Waals surface area (Å²) in [6.45, 7) is 1.99. The highest BCUT2D eigenvalue weighted by Gasteiger charge is 2.19. The third-order valence-corrected chi connectivity index (χ3v) is 2.77. The molecule has 102 valence electrons. The molecule has 0 saturated heterocycles. The van der Waals surface area contributed by atoms with Crippen LogP contribution >= 0.6 is 0 Å². The fourth-order valence-corrected chi connectivity index (χ4v) is 1.83. The molecule has 2 aromatic heterocycles. The Balaban J connectivity index is 2.04. The van der Waals surface area contributed by atoms with Crippen LogP contribution in [0, 0.1) is 0 Å². The molecule has 0 bridgehead atoms. The van der Waals surface area contributed by atoms with Crippen LogP contribution in [0.5, 0.6) is 0 Å². The number of esters is 1. The monoisotopic (exact) mass is 272 g/mol. The van der Waals surface area contributed by atoms with Crippen LogP contribution in [0.15, 0.2) is 34.9 Å². The molecule has 0 aliphatic rings. The van der Waals surface area contributed by atoms with Crippen LogP contribution in [0.25, 0.3) is 17.1 Å². The van der Waals surface area contributed by atoms with Gasteiger partial charge in [0.05, 0.1) is 12.8 Å². The maximum atomic E-state index is 11.7. The van der Waals surface area contributed by atoms with Crippen molar-refractivity contribution in [1.29, 1.82) is 0 Å². The minimum absolute atomic E-state index is 0.134. The normalized spacial score (nSPS) is 10.8. The van der Waals surface area contributed by atoms with Crippen molar-refractivity contribution in [1.82, 2.24) is 14.8 Å². The van der Waals surface area contributed by atoms with Crippen LogP contribution in [0.2, 0.25) is 0 Å². The number of benzene rings is 1. The minimum atomic E-state index is -0.521. The number of aromatic nitrogens is 3. The van der Waals surface area contributed by atoms with Crippen LogP contribution in [0.4, 0.5) is 5.82 Å². The van der Waals surface area contributed by atoms with Gasteiger partial charge < -0.3 is 14.9 Å². The van der Waals surface area contributed by atoms with Crippen molar-refractivity contribution in [2.75, 3.05) is 12.3 Å². The maximum absolute atomic E-state index is 11.7. The number of fused-ring (bicyclic) bond motifs is 1. The van der Waals surface area contributed by atoms with E-state index in [9.17, 15) is 4.79 Å². The summed E-state index contributed by atoms with van der Waals surface area (Å²) in [5, 5.41) is 4.02. The van der Waals surface area contributed by atoms with Crippen molar-refractivity contribution in [3.8, 4) is 6.01 Å². The molecule has 3 rings (SSSR count). The number of carbonyl (C=O) groups is 1. The summed E-state index contributed by atoms with van der Waals surface area (Å²) in [5.41, 5.74) is 7.39. The van der Waals surface area contributed by atoms with Gasteiger partial charge in [0.2, 0.25) is 0 Å². The molecule has 7 heteroatoms. The van der Waals surface area contributed by atoms with E-state index in [1.54, 1.807) is 13.0 Å². The molecular formula is C13H12N4O3. The van der Waals surface area contributed by atoms with E-state index in [4.69, 9.17) is 14.9 Å². The van der Waals surface area contributed by atoms with Gasteiger partial charge in [0.1, 0.15) is 16.9 Å². The molecule has 7 nitrogen and oxygen atoms in total. The van der Waals surface area contributed by atoms with Gasteiger partial charge >= 0.3 is 12.0 Å². The Morgan fingerprint density at radius 3 is 3.00 bits per heavy atom. The molecule has 0 saturated carbocycles. The third kappa shape index (κ3) is 1.89. The summed E-state index contributed by atoms with van der Waals surface area (Å²) in [6, 6.07) is 7.50.